The van der Waals surface area contributed by atoms with Gasteiger partial charge < -0.3 is 10.5 Å². The number of hydrogen-bond acceptors (Lipinski definition) is 5. The molecular weight excluding hydrogens is 256 g/mol. The second-order valence-electron chi connectivity index (χ2n) is 4.89. The van der Waals surface area contributed by atoms with E-state index in [1.807, 2.05) is 20.8 Å². The molecular formula is C11H17ClN4O2. The van der Waals surface area contributed by atoms with Gasteiger partial charge in [0.1, 0.15) is 5.15 Å². The van der Waals surface area contributed by atoms with Crippen molar-refractivity contribution in [2.24, 2.45) is 11.1 Å². The molecule has 100 valence electrons. The molecule has 3 N–H and O–H groups in total. The third kappa shape index (κ3) is 3.82. The molecule has 0 spiro atoms. The van der Waals surface area contributed by atoms with Gasteiger partial charge in [0.05, 0.1) is 13.2 Å². The van der Waals surface area contributed by atoms with Crippen LogP contribution in [0.2, 0.25) is 5.15 Å². The van der Waals surface area contributed by atoms with Crippen LogP contribution in [0.3, 0.4) is 0 Å². The predicted octanol–water partition coefficient (Wildman–Crippen LogP) is 1.45. The molecule has 0 aliphatic carbocycles. The Bertz CT molecular complexity index is 445. The van der Waals surface area contributed by atoms with Crippen molar-refractivity contribution >= 4 is 23.5 Å². The van der Waals surface area contributed by atoms with Crippen molar-refractivity contribution in [3.8, 4) is 5.88 Å². The van der Waals surface area contributed by atoms with Gasteiger partial charge in [0.15, 0.2) is 0 Å². The number of nitrogens with one attached hydrogen (secondary N) is 1. The smallest absolute Gasteiger partial charge is 0.244 e. The summed E-state index contributed by atoms with van der Waals surface area (Å²) in [5.74, 6) is -0.0227. The summed E-state index contributed by atoms with van der Waals surface area (Å²) < 4.78 is 4.93. The van der Waals surface area contributed by atoms with E-state index in [9.17, 15) is 4.79 Å². The van der Waals surface area contributed by atoms with Crippen LogP contribution in [0.25, 0.3) is 0 Å². The Kier molecular flexibility index (Phi) is 4.48. The molecule has 1 aromatic rings. The number of aromatic nitrogens is 2. The van der Waals surface area contributed by atoms with Gasteiger partial charge in [-0.05, 0) is 5.41 Å². The second kappa shape index (κ2) is 5.49. The molecule has 18 heavy (non-hydrogen) atoms. The second-order valence-corrected chi connectivity index (χ2v) is 5.28. The number of carbonyl (C=O) groups is 1. The molecule has 0 radical (unpaired) electrons. The van der Waals surface area contributed by atoms with Crippen LogP contribution in [0.4, 0.5) is 5.95 Å². The third-order valence-corrected chi connectivity index (χ3v) is 2.52. The summed E-state index contributed by atoms with van der Waals surface area (Å²) in [6.45, 7) is 5.62. The van der Waals surface area contributed by atoms with Gasteiger partial charge in [-0.1, -0.05) is 32.4 Å². The fourth-order valence-corrected chi connectivity index (χ4v) is 1.31. The largest absolute Gasteiger partial charge is 0.481 e. The molecule has 0 bridgehead atoms. The molecule has 0 aromatic carbocycles. The Morgan fingerprint density at radius 1 is 1.50 bits per heavy atom. The van der Waals surface area contributed by atoms with Crippen molar-refractivity contribution in [1.82, 2.24) is 9.97 Å². The fraction of sp³-hybridized carbons (Fsp3) is 0.545. The maximum absolute atomic E-state index is 11.9. The minimum atomic E-state index is -0.675. The maximum Gasteiger partial charge on any atom is 0.244 e. The lowest BCUT2D eigenvalue weighted by Gasteiger charge is -2.25. The van der Waals surface area contributed by atoms with E-state index in [0.29, 0.717) is 0 Å². The fourth-order valence-electron chi connectivity index (χ4n) is 1.14. The van der Waals surface area contributed by atoms with Crippen LogP contribution in [-0.2, 0) is 4.79 Å². The molecule has 0 saturated heterocycles. The number of methoxy groups -OCH3 is 1. The average Bonchev–Trinajstić information content (AvgIpc) is 2.25. The number of carbonyl (C=O) groups excluding carboxylic acids is 1. The van der Waals surface area contributed by atoms with Gasteiger partial charge in [-0.15, -0.1) is 0 Å². The van der Waals surface area contributed by atoms with E-state index in [0.717, 1.165) is 0 Å². The van der Waals surface area contributed by atoms with Crippen LogP contribution in [-0.4, -0.2) is 29.0 Å². The highest BCUT2D eigenvalue weighted by Crippen LogP contribution is 2.20. The van der Waals surface area contributed by atoms with Crippen molar-refractivity contribution in [2.45, 2.75) is 26.8 Å². The van der Waals surface area contributed by atoms with Gasteiger partial charge in [0.25, 0.3) is 0 Å². The predicted molar refractivity (Wildman–Crippen MR) is 69.7 cm³/mol. The quantitative estimate of drug-likeness (QED) is 0.813. The summed E-state index contributed by atoms with van der Waals surface area (Å²) in [6, 6.07) is 0.770. The van der Waals surface area contributed by atoms with Crippen molar-refractivity contribution in [1.29, 1.82) is 0 Å². The highest BCUT2D eigenvalue weighted by atomic mass is 35.5. The molecule has 0 saturated carbocycles. The van der Waals surface area contributed by atoms with Gasteiger partial charge in [-0.25, -0.2) is 4.98 Å². The molecule has 1 rings (SSSR count). The minimum absolute atomic E-state index is 0.0732. The zero-order chi connectivity index (χ0) is 13.9. The molecule has 0 aliphatic heterocycles. The first-order valence-electron chi connectivity index (χ1n) is 5.39. The molecule has 0 aliphatic rings. The molecule has 1 atom stereocenters. The van der Waals surface area contributed by atoms with Crippen LogP contribution in [0.5, 0.6) is 5.88 Å². The van der Waals surface area contributed by atoms with Gasteiger partial charge in [-0.2, -0.15) is 4.98 Å². The lowest BCUT2D eigenvalue weighted by molar-refractivity contribution is -0.119. The SMILES string of the molecule is COc1cc(Cl)nc(NC(=O)[C@@H](N)C(C)(C)C)n1. The van der Waals surface area contributed by atoms with Gasteiger partial charge in [0, 0.05) is 6.07 Å². The molecule has 1 aromatic heterocycles. The highest BCUT2D eigenvalue weighted by molar-refractivity contribution is 6.29. The van der Waals surface area contributed by atoms with Crippen molar-refractivity contribution < 1.29 is 9.53 Å². The lowest BCUT2D eigenvalue weighted by atomic mass is 9.87. The van der Waals surface area contributed by atoms with E-state index < -0.39 is 6.04 Å². The van der Waals surface area contributed by atoms with Crippen molar-refractivity contribution in [3.05, 3.63) is 11.2 Å². The number of halogens is 1. The van der Waals surface area contributed by atoms with E-state index in [4.69, 9.17) is 22.1 Å². The summed E-state index contributed by atoms with van der Waals surface area (Å²) in [7, 11) is 1.45. The Morgan fingerprint density at radius 2 is 2.11 bits per heavy atom. The minimum Gasteiger partial charge on any atom is -0.481 e. The lowest BCUT2D eigenvalue weighted by Crippen LogP contribution is -2.45. The standard InChI is InChI=1S/C11H17ClN4O2/c1-11(2,3)8(13)9(17)16-10-14-6(12)5-7(15-10)18-4/h5,8H,13H2,1-4H3,(H,14,15,16,17)/t8-/m1/s1. The normalized spacial score (nSPS) is 13.0. The number of nitrogens with two attached hydrogens (primary N) is 1. The molecule has 7 heteroatoms. The van der Waals surface area contributed by atoms with Crippen LogP contribution in [0.15, 0.2) is 6.07 Å². The zero-order valence-electron chi connectivity index (χ0n) is 10.8. The number of rotatable bonds is 3. The number of ether oxygens (including phenoxy) is 1. The van der Waals surface area contributed by atoms with Gasteiger partial charge in [-0.3, -0.25) is 10.1 Å². The van der Waals surface area contributed by atoms with Crippen LogP contribution in [0.1, 0.15) is 20.8 Å². The molecule has 1 amide bonds. The average molecular weight is 273 g/mol. The highest BCUT2D eigenvalue weighted by Gasteiger charge is 2.28. The van der Waals surface area contributed by atoms with E-state index in [1.165, 1.54) is 13.2 Å². The van der Waals surface area contributed by atoms with Crippen molar-refractivity contribution in [3.63, 3.8) is 0 Å². The Labute approximate surface area is 111 Å². The molecule has 1 heterocycles. The van der Waals surface area contributed by atoms with E-state index in [1.54, 1.807) is 0 Å². The maximum atomic E-state index is 11.9. The van der Waals surface area contributed by atoms with Gasteiger partial charge in [0.2, 0.25) is 17.7 Å². The summed E-state index contributed by atoms with van der Waals surface area (Å²) in [5, 5.41) is 2.70. The first-order chi connectivity index (χ1) is 8.24. The summed E-state index contributed by atoms with van der Waals surface area (Å²) in [4.78, 5) is 19.7. The van der Waals surface area contributed by atoms with Crippen LogP contribution >= 0.6 is 11.6 Å². The number of anilines is 1. The first kappa shape index (κ1) is 14.7. The Morgan fingerprint density at radius 3 is 2.61 bits per heavy atom. The third-order valence-electron chi connectivity index (χ3n) is 2.33. The topological polar surface area (TPSA) is 90.1 Å². The van der Waals surface area contributed by atoms with Gasteiger partial charge >= 0.3 is 0 Å². The van der Waals surface area contributed by atoms with Crippen LogP contribution in [0, 0.1) is 5.41 Å². The monoisotopic (exact) mass is 272 g/mol. The van der Waals surface area contributed by atoms with E-state index in [2.05, 4.69) is 15.3 Å². The molecule has 0 unspecified atom stereocenters. The Balaban J connectivity index is 2.85. The zero-order valence-corrected chi connectivity index (χ0v) is 11.6. The molecule has 6 nitrogen and oxygen atoms in total. The number of amides is 1. The van der Waals surface area contributed by atoms with E-state index >= 15 is 0 Å². The number of hydrogen-bond donors (Lipinski definition) is 2. The summed E-state index contributed by atoms with van der Waals surface area (Å²) in [5.41, 5.74) is 5.46. The summed E-state index contributed by atoms with van der Waals surface area (Å²) in [6.07, 6.45) is 0. The molecule has 0 fully saturated rings. The number of nitrogens with zero attached hydrogens (tertiary/aromatic N) is 2. The van der Waals surface area contributed by atoms with Crippen molar-refractivity contribution in [2.75, 3.05) is 12.4 Å². The first-order valence-corrected chi connectivity index (χ1v) is 5.77. The Hall–Kier alpha value is -1.40. The van der Waals surface area contributed by atoms with Crippen LogP contribution < -0.4 is 15.8 Å². The van der Waals surface area contributed by atoms with E-state index in [-0.39, 0.29) is 28.3 Å². The summed E-state index contributed by atoms with van der Waals surface area (Å²) >= 11 is 5.77.